The van der Waals surface area contributed by atoms with Gasteiger partial charge in [-0.2, -0.15) is 5.10 Å². The topological polar surface area (TPSA) is 82.2 Å². The molecular weight excluding hydrogens is 484 g/mol. The van der Waals surface area contributed by atoms with E-state index in [1.165, 1.54) is 0 Å². The Morgan fingerprint density at radius 1 is 1.12 bits per heavy atom. The molecule has 4 aromatic rings. The Kier molecular flexibility index (Phi) is 6.65. The van der Waals surface area contributed by atoms with Crippen molar-refractivity contribution < 1.29 is 14.1 Å². The second kappa shape index (κ2) is 9.62. The number of nitrogens with zero attached hydrogens (tertiary/aromatic N) is 3. The quantitative estimate of drug-likeness (QED) is 0.343. The van der Waals surface area contributed by atoms with Crippen LogP contribution in [0.15, 0.2) is 57.5 Å². The number of benzene rings is 2. The highest BCUT2D eigenvalue weighted by molar-refractivity contribution is 9.10. The lowest BCUT2D eigenvalue weighted by atomic mass is 10.1. The maximum atomic E-state index is 13.0. The molecule has 0 aliphatic rings. The van der Waals surface area contributed by atoms with Crippen molar-refractivity contribution in [3.05, 3.63) is 92.5 Å². The molecule has 0 radical (unpaired) electrons. The van der Waals surface area contributed by atoms with Gasteiger partial charge in [-0.05, 0) is 79.0 Å². The fraction of sp³-hybridized carbons (Fsp3) is 0.240. The zero-order chi connectivity index (χ0) is 23.5. The summed E-state index contributed by atoms with van der Waals surface area (Å²) in [6.07, 6.45) is 0. The maximum absolute atomic E-state index is 13.0. The molecule has 0 atom stereocenters. The Morgan fingerprint density at radius 2 is 1.91 bits per heavy atom. The highest BCUT2D eigenvalue weighted by Gasteiger charge is 2.21. The fourth-order valence-electron chi connectivity index (χ4n) is 3.54. The minimum absolute atomic E-state index is 0.189. The Morgan fingerprint density at radius 3 is 2.64 bits per heavy atom. The van der Waals surface area contributed by atoms with Gasteiger partial charge in [-0.1, -0.05) is 29.4 Å². The van der Waals surface area contributed by atoms with Crippen molar-refractivity contribution in [3.63, 3.8) is 0 Å². The van der Waals surface area contributed by atoms with Crippen molar-refractivity contribution in [1.29, 1.82) is 0 Å². The van der Waals surface area contributed by atoms with Crippen LogP contribution in [0.3, 0.4) is 0 Å². The van der Waals surface area contributed by atoms with Crippen LogP contribution in [0.5, 0.6) is 5.75 Å². The van der Waals surface area contributed by atoms with Crippen LogP contribution in [0, 0.1) is 27.7 Å². The summed E-state index contributed by atoms with van der Waals surface area (Å²) in [4.78, 5) is 13.0. The lowest BCUT2D eigenvalue weighted by Gasteiger charge is -2.09. The van der Waals surface area contributed by atoms with E-state index >= 15 is 0 Å². The summed E-state index contributed by atoms with van der Waals surface area (Å²) in [6.45, 7) is 8.53. The van der Waals surface area contributed by atoms with E-state index in [2.05, 4.69) is 31.5 Å². The molecule has 1 N–H and O–H groups in total. The van der Waals surface area contributed by atoms with Crippen LogP contribution in [0.4, 0.5) is 5.69 Å². The molecule has 0 aliphatic heterocycles. The van der Waals surface area contributed by atoms with Crippen molar-refractivity contribution in [3.8, 4) is 5.75 Å². The van der Waals surface area contributed by atoms with Crippen LogP contribution in [-0.2, 0) is 13.2 Å². The summed E-state index contributed by atoms with van der Waals surface area (Å²) < 4.78 is 14.1. The highest BCUT2D eigenvalue weighted by atomic mass is 79.9. The van der Waals surface area contributed by atoms with Crippen LogP contribution >= 0.6 is 15.9 Å². The predicted octanol–water partition coefficient (Wildman–Crippen LogP) is 5.75. The van der Waals surface area contributed by atoms with Crippen LogP contribution in [0.1, 0.15) is 44.3 Å². The van der Waals surface area contributed by atoms with Crippen LogP contribution in [-0.4, -0.2) is 20.8 Å². The largest absolute Gasteiger partial charge is 0.489 e. The van der Waals surface area contributed by atoms with Gasteiger partial charge in [0.2, 0.25) is 0 Å². The standard InChI is InChI=1S/C25H25BrN4O3/c1-15-7-5-10-21(11-15)32-14-22-18(4)33-29-24(22)25(31)27-20-9-6-8-19(12-20)13-30-17(3)23(26)16(2)28-30/h5-12H,13-14H2,1-4H3,(H,27,31). The van der Waals surface area contributed by atoms with Crippen molar-refractivity contribution in [2.45, 2.75) is 40.8 Å². The SMILES string of the molecule is Cc1cccc(OCc2c(C(=O)Nc3cccc(Cn4nc(C)c(Br)c4C)c3)noc2C)c1. The molecule has 170 valence electrons. The normalized spacial score (nSPS) is 10.9. The number of nitrogens with one attached hydrogen (secondary N) is 1. The second-order valence-electron chi connectivity index (χ2n) is 7.97. The average Bonchev–Trinajstić information content (AvgIpc) is 3.27. The first-order chi connectivity index (χ1) is 15.8. The molecular formula is C25H25BrN4O3. The number of amides is 1. The predicted molar refractivity (Wildman–Crippen MR) is 130 cm³/mol. The van der Waals surface area contributed by atoms with E-state index in [1.807, 2.05) is 74.0 Å². The Balaban J connectivity index is 1.47. The van der Waals surface area contributed by atoms with Crippen LogP contribution < -0.4 is 10.1 Å². The van der Waals surface area contributed by atoms with Gasteiger partial charge in [0, 0.05) is 5.69 Å². The molecule has 2 aromatic heterocycles. The number of rotatable bonds is 7. The zero-order valence-electron chi connectivity index (χ0n) is 19.0. The van der Waals surface area contributed by atoms with Gasteiger partial charge in [-0.3, -0.25) is 9.48 Å². The van der Waals surface area contributed by atoms with E-state index in [1.54, 1.807) is 6.92 Å². The summed E-state index contributed by atoms with van der Waals surface area (Å²) in [5.41, 5.74) is 5.62. The Labute approximate surface area is 200 Å². The average molecular weight is 509 g/mol. The third-order valence-electron chi connectivity index (χ3n) is 5.38. The lowest BCUT2D eigenvalue weighted by Crippen LogP contribution is -2.15. The fourth-order valence-corrected chi connectivity index (χ4v) is 3.82. The molecule has 8 heteroatoms. The summed E-state index contributed by atoms with van der Waals surface area (Å²) in [6, 6.07) is 15.4. The Hall–Kier alpha value is -3.39. The molecule has 0 saturated heterocycles. The molecule has 0 spiro atoms. The lowest BCUT2D eigenvalue weighted by molar-refractivity contribution is 0.101. The first kappa shape index (κ1) is 22.8. The number of carbonyl (C=O) groups excluding carboxylic acids is 1. The number of carbonyl (C=O) groups is 1. The molecule has 4 rings (SSSR count). The van der Waals surface area contributed by atoms with Crippen molar-refractivity contribution in [2.24, 2.45) is 0 Å². The molecule has 7 nitrogen and oxygen atoms in total. The third kappa shape index (κ3) is 5.17. The van der Waals surface area contributed by atoms with Gasteiger partial charge in [-0.15, -0.1) is 0 Å². The summed E-state index contributed by atoms with van der Waals surface area (Å²) in [5, 5.41) is 11.4. The third-order valence-corrected chi connectivity index (χ3v) is 6.53. The minimum atomic E-state index is -0.347. The second-order valence-corrected chi connectivity index (χ2v) is 8.76. The molecule has 0 bridgehead atoms. The summed E-state index contributed by atoms with van der Waals surface area (Å²) >= 11 is 3.56. The van der Waals surface area contributed by atoms with E-state index in [0.717, 1.165) is 32.7 Å². The van der Waals surface area contributed by atoms with Crippen molar-refractivity contribution >= 4 is 27.5 Å². The molecule has 0 unspecified atom stereocenters. The van der Waals surface area contributed by atoms with Gasteiger partial charge >= 0.3 is 0 Å². The number of halogens is 1. The molecule has 0 aliphatic carbocycles. The molecule has 0 saturated carbocycles. The van der Waals surface area contributed by atoms with E-state index in [4.69, 9.17) is 9.26 Å². The highest BCUT2D eigenvalue weighted by Crippen LogP contribution is 2.23. The van der Waals surface area contributed by atoms with Crippen molar-refractivity contribution in [1.82, 2.24) is 14.9 Å². The van der Waals surface area contributed by atoms with E-state index in [0.29, 0.717) is 23.6 Å². The minimum Gasteiger partial charge on any atom is -0.489 e. The number of aromatic nitrogens is 3. The van der Waals surface area contributed by atoms with Gasteiger partial charge in [0.1, 0.15) is 18.1 Å². The molecule has 2 aromatic carbocycles. The van der Waals surface area contributed by atoms with Gasteiger partial charge < -0.3 is 14.6 Å². The van der Waals surface area contributed by atoms with Gasteiger partial charge in [0.05, 0.1) is 28.0 Å². The summed E-state index contributed by atoms with van der Waals surface area (Å²) in [7, 11) is 0. The molecule has 2 heterocycles. The van der Waals surface area contributed by atoms with Gasteiger partial charge in [0.25, 0.3) is 5.91 Å². The molecule has 0 fully saturated rings. The van der Waals surface area contributed by atoms with E-state index < -0.39 is 0 Å². The monoisotopic (exact) mass is 508 g/mol. The van der Waals surface area contributed by atoms with Crippen molar-refractivity contribution in [2.75, 3.05) is 5.32 Å². The van der Waals surface area contributed by atoms with Crippen LogP contribution in [0.2, 0.25) is 0 Å². The Bertz CT molecular complexity index is 1310. The summed E-state index contributed by atoms with van der Waals surface area (Å²) in [5.74, 6) is 0.933. The van der Waals surface area contributed by atoms with E-state index in [-0.39, 0.29) is 18.2 Å². The molecule has 1 amide bonds. The number of anilines is 1. The zero-order valence-corrected chi connectivity index (χ0v) is 20.6. The van der Waals surface area contributed by atoms with E-state index in [9.17, 15) is 4.79 Å². The number of hydrogen-bond acceptors (Lipinski definition) is 5. The van der Waals surface area contributed by atoms with Crippen LogP contribution in [0.25, 0.3) is 0 Å². The van der Waals surface area contributed by atoms with Gasteiger partial charge in [-0.25, -0.2) is 0 Å². The first-order valence-electron chi connectivity index (χ1n) is 10.6. The number of hydrogen-bond donors (Lipinski definition) is 1. The number of ether oxygens (including phenoxy) is 1. The van der Waals surface area contributed by atoms with Gasteiger partial charge in [0.15, 0.2) is 5.69 Å². The first-order valence-corrected chi connectivity index (χ1v) is 11.4. The maximum Gasteiger partial charge on any atom is 0.278 e. The number of aryl methyl sites for hydroxylation is 3. The smallest absolute Gasteiger partial charge is 0.278 e. The molecule has 33 heavy (non-hydrogen) atoms.